The van der Waals surface area contributed by atoms with Crippen LogP contribution in [0.3, 0.4) is 0 Å². The molecule has 25 heavy (non-hydrogen) atoms. The molecule has 1 heterocycles. The van der Waals surface area contributed by atoms with Gasteiger partial charge in [-0.3, -0.25) is 4.79 Å². The van der Waals surface area contributed by atoms with Crippen LogP contribution in [-0.2, 0) is 6.54 Å². The van der Waals surface area contributed by atoms with Gasteiger partial charge in [0.2, 0.25) is 0 Å². The quantitative estimate of drug-likeness (QED) is 0.733. The van der Waals surface area contributed by atoms with Gasteiger partial charge >= 0.3 is 0 Å². The maximum atomic E-state index is 12.2. The average molecular weight is 358 g/mol. The van der Waals surface area contributed by atoms with Gasteiger partial charge in [-0.2, -0.15) is 4.68 Å². The van der Waals surface area contributed by atoms with Crippen molar-refractivity contribution < 1.29 is 9.53 Å². The van der Waals surface area contributed by atoms with E-state index >= 15 is 0 Å². The van der Waals surface area contributed by atoms with Crippen LogP contribution in [0.15, 0.2) is 48.5 Å². The first kappa shape index (κ1) is 16.9. The molecule has 1 amide bonds. The molecule has 0 atom stereocenters. The van der Waals surface area contributed by atoms with Gasteiger partial charge in [-0.05, 0) is 59.8 Å². The number of aromatic nitrogens is 4. The van der Waals surface area contributed by atoms with Crippen LogP contribution in [0.1, 0.15) is 23.1 Å². The highest BCUT2D eigenvalue weighted by Gasteiger charge is 2.11. The minimum Gasteiger partial charge on any atom is -0.494 e. The highest BCUT2D eigenvalue weighted by Crippen LogP contribution is 2.15. The average Bonchev–Trinajstić information content (AvgIpc) is 3.09. The molecule has 0 saturated heterocycles. The van der Waals surface area contributed by atoms with E-state index in [2.05, 4.69) is 20.8 Å². The van der Waals surface area contributed by atoms with Gasteiger partial charge in [0.05, 0.1) is 18.8 Å². The SMILES string of the molecule is CCOc1ccc(-n2nnnc2CNC(=O)c2cccc(Cl)c2)cc1. The molecular weight excluding hydrogens is 342 g/mol. The molecule has 0 radical (unpaired) electrons. The molecule has 3 rings (SSSR count). The fraction of sp³-hybridized carbons (Fsp3) is 0.176. The molecule has 128 valence electrons. The topological polar surface area (TPSA) is 81.9 Å². The molecule has 3 aromatic rings. The maximum absolute atomic E-state index is 12.2. The van der Waals surface area contributed by atoms with Gasteiger partial charge in [-0.15, -0.1) is 5.10 Å². The monoisotopic (exact) mass is 357 g/mol. The molecule has 0 aliphatic rings. The van der Waals surface area contributed by atoms with Crippen LogP contribution >= 0.6 is 11.6 Å². The van der Waals surface area contributed by atoms with Crippen molar-refractivity contribution in [2.45, 2.75) is 13.5 Å². The minimum absolute atomic E-state index is 0.186. The number of tetrazole rings is 1. The Morgan fingerprint density at radius 2 is 2.04 bits per heavy atom. The van der Waals surface area contributed by atoms with Gasteiger partial charge in [0.25, 0.3) is 5.91 Å². The van der Waals surface area contributed by atoms with Crippen LogP contribution in [0.5, 0.6) is 5.75 Å². The van der Waals surface area contributed by atoms with Crippen molar-refractivity contribution in [3.8, 4) is 11.4 Å². The number of hydrogen-bond donors (Lipinski definition) is 1. The number of amides is 1. The van der Waals surface area contributed by atoms with Crippen LogP contribution in [0.2, 0.25) is 5.02 Å². The molecule has 8 heteroatoms. The highest BCUT2D eigenvalue weighted by molar-refractivity contribution is 6.30. The Hall–Kier alpha value is -2.93. The van der Waals surface area contributed by atoms with E-state index in [1.807, 2.05) is 31.2 Å². The van der Waals surface area contributed by atoms with Gasteiger partial charge in [-0.1, -0.05) is 17.7 Å². The third kappa shape index (κ3) is 4.13. The zero-order chi connectivity index (χ0) is 17.6. The number of rotatable bonds is 6. The van der Waals surface area contributed by atoms with Crippen LogP contribution in [-0.4, -0.2) is 32.7 Å². The second-order valence-electron chi connectivity index (χ2n) is 5.13. The molecule has 0 fully saturated rings. The Bertz CT molecular complexity index is 863. The normalized spacial score (nSPS) is 10.5. The second-order valence-corrected chi connectivity index (χ2v) is 5.56. The minimum atomic E-state index is -0.247. The van der Waals surface area contributed by atoms with E-state index in [9.17, 15) is 4.79 Å². The molecule has 7 nitrogen and oxygen atoms in total. The highest BCUT2D eigenvalue weighted by atomic mass is 35.5. The number of halogens is 1. The first-order chi connectivity index (χ1) is 12.2. The predicted molar refractivity (Wildman–Crippen MR) is 92.9 cm³/mol. The second kappa shape index (κ2) is 7.76. The summed E-state index contributed by atoms with van der Waals surface area (Å²) in [6, 6.07) is 14.1. The van der Waals surface area contributed by atoms with Crippen LogP contribution < -0.4 is 10.1 Å². The smallest absolute Gasteiger partial charge is 0.251 e. The zero-order valence-corrected chi connectivity index (χ0v) is 14.3. The first-order valence-corrected chi connectivity index (χ1v) is 8.09. The predicted octanol–water partition coefficient (Wildman–Crippen LogP) is 2.64. The van der Waals surface area contributed by atoms with E-state index in [1.54, 1.807) is 28.9 Å². The molecule has 0 spiro atoms. The Morgan fingerprint density at radius 3 is 2.76 bits per heavy atom. The summed E-state index contributed by atoms with van der Waals surface area (Å²) in [4.78, 5) is 12.2. The molecule has 2 aromatic carbocycles. The number of carbonyl (C=O) groups is 1. The van der Waals surface area contributed by atoms with E-state index in [1.165, 1.54) is 0 Å². The number of ether oxygens (including phenoxy) is 1. The summed E-state index contributed by atoms with van der Waals surface area (Å²) in [5.41, 5.74) is 1.26. The molecule has 0 saturated carbocycles. The lowest BCUT2D eigenvalue weighted by molar-refractivity contribution is 0.0949. The fourth-order valence-corrected chi connectivity index (χ4v) is 2.45. The Morgan fingerprint density at radius 1 is 1.24 bits per heavy atom. The van der Waals surface area contributed by atoms with Gasteiger partial charge in [-0.25, -0.2) is 0 Å². The van der Waals surface area contributed by atoms with E-state index < -0.39 is 0 Å². The summed E-state index contributed by atoms with van der Waals surface area (Å²) in [6.07, 6.45) is 0. The standard InChI is InChI=1S/C17H16ClN5O2/c1-2-25-15-8-6-14(7-9-15)23-16(20-21-22-23)11-19-17(24)12-4-3-5-13(18)10-12/h3-10H,2,11H2,1H3,(H,19,24). The summed E-state index contributed by atoms with van der Waals surface area (Å²) in [6.45, 7) is 2.71. The van der Waals surface area contributed by atoms with Crippen molar-refractivity contribution in [2.75, 3.05) is 6.61 Å². The summed E-state index contributed by atoms with van der Waals surface area (Å²) in [5.74, 6) is 1.04. The van der Waals surface area contributed by atoms with E-state index in [0.29, 0.717) is 23.0 Å². The summed E-state index contributed by atoms with van der Waals surface area (Å²) in [7, 11) is 0. The van der Waals surface area contributed by atoms with Crippen molar-refractivity contribution >= 4 is 17.5 Å². The third-order valence-corrected chi connectivity index (χ3v) is 3.66. The first-order valence-electron chi connectivity index (χ1n) is 7.71. The number of hydrogen-bond acceptors (Lipinski definition) is 5. The van der Waals surface area contributed by atoms with Crippen LogP contribution in [0.4, 0.5) is 0 Å². The molecule has 0 bridgehead atoms. The largest absolute Gasteiger partial charge is 0.494 e. The Balaban J connectivity index is 1.70. The lowest BCUT2D eigenvalue weighted by Gasteiger charge is -2.08. The van der Waals surface area contributed by atoms with Gasteiger partial charge in [0.1, 0.15) is 5.75 Å². The summed E-state index contributed by atoms with van der Waals surface area (Å²) >= 11 is 5.90. The molecular formula is C17H16ClN5O2. The number of benzene rings is 2. The van der Waals surface area contributed by atoms with Gasteiger partial charge in [0.15, 0.2) is 5.82 Å². The molecule has 0 aliphatic carbocycles. The van der Waals surface area contributed by atoms with Gasteiger partial charge in [0, 0.05) is 10.6 Å². The van der Waals surface area contributed by atoms with E-state index in [4.69, 9.17) is 16.3 Å². The van der Waals surface area contributed by atoms with Gasteiger partial charge < -0.3 is 10.1 Å². The maximum Gasteiger partial charge on any atom is 0.251 e. The number of nitrogens with one attached hydrogen (secondary N) is 1. The Kier molecular flexibility index (Phi) is 5.25. The van der Waals surface area contributed by atoms with Crippen molar-refractivity contribution in [3.05, 3.63) is 64.9 Å². The lowest BCUT2D eigenvalue weighted by atomic mass is 10.2. The van der Waals surface area contributed by atoms with Crippen molar-refractivity contribution in [1.82, 2.24) is 25.5 Å². The van der Waals surface area contributed by atoms with Crippen molar-refractivity contribution in [1.29, 1.82) is 0 Å². The molecule has 0 unspecified atom stereocenters. The van der Waals surface area contributed by atoms with E-state index in [-0.39, 0.29) is 12.5 Å². The summed E-state index contributed by atoms with van der Waals surface area (Å²) in [5, 5.41) is 14.9. The van der Waals surface area contributed by atoms with Crippen molar-refractivity contribution in [3.63, 3.8) is 0 Å². The summed E-state index contributed by atoms with van der Waals surface area (Å²) < 4.78 is 6.98. The van der Waals surface area contributed by atoms with Crippen LogP contribution in [0.25, 0.3) is 5.69 Å². The lowest BCUT2D eigenvalue weighted by Crippen LogP contribution is -2.24. The van der Waals surface area contributed by atoms with Crippen molar-refractivity contribution in [2.24, 2.45) is 0 Å². The fourth-order valence-electron chi connectivity index (χ4n) is 2.26. The van der Waals surface area contributed by atoms with E-state index in [0.717, 1.165) is 11.4 Å². The number of nitrogens with zero attached hydrogens (tertiary/aromatic N) is 4. The number of carbonyl (C=O) groups excluding carboxylic acids is 1. The van der Waals surface area contributed by atoms with Crippen LogP contribution in [0, 0.1) is 0 Å². The third-order valence-electron chi connectivity index (χ3n) is 3.42. The molecule has 1 N–H and O–H groups in total. The Labute approximate surface area is 149 Å². The zero-order valence-electron chi connectivity index (χ0n) is 13.5. The molecule has 0 aliphatic heterocycles. The molecule has 1 aromatic heterocycles.